The fourth-order valence-electron chi connectivity index (χ4n) is 5.15. The second-order valence-corrected chi connectivity index (χ2v) is 9.72. The van der Waals surface area contributed by atoms with Crippen molar-refractivity contribution in [1.82, 2.24) is 5.32 Å². The molecule has 11 heteroatoms. The van der Waals surface area contributed by atoms with Crippen molar-refractivity contribution in [2.75, 3.05) is 27.6 Å². The first-order valence-electron chi connectivity index (χ1n) is 11.5. The lowest BCUT2D eigenvalue weighted by Gasteiger charge is -2.54. The topological polar surface area (TPSA) is 145 Å². The number of aliphatic hydroxyl groups is 3. The van der Waals surface area contributed by atoms with Crippen LogP contribution in [0, 0.1) is 5.41 Å². The Balaban J connectivity index is 1.77. The number of rotatable bonds is 8. The number of amides is 1. The van der Waals surface area contributed by atoms with E-state index < -0.39 is 66.6 Å². The van der Waals surface area contributed by atoms with Crippen LogP contribution >= 0.6 is 0 Å². The lowest BCUT2D eigenvalue weighted by molar-refractivity contribution is -0.333. The number of hydrogen-bond acceptors (Lipinski definition) is 10. The van der Waals surface area contributed by atoms with Crippen LogP contribution in [0.25, 0.3) is 0 Å². The Hall–Kier alpha value is -0.890. The summed E-state index contributed by atoms with van der Waals surface area (Å²) in [5.74, 6) is -2.16. The van der Waals surface area contributed by atoms with Crippen molar-refractivity contribution in [2.45, 2.75) is 101 Å². The first-order valence-corrected chi connectivity index (χ1v) is 11.5. The fourth-order valence-corrected chi connectivity index (χ4v) is 5.15. The fraction of sp³-hybridized carbons (Fsp3) is 0.955. The number of carbonyl (C=O) groups excluding carboxylic acids is 1. The van der Waals surface area contributed by atoms with Gasteiger partial charge in [0.15, 0.2) is 12.3 Å². The maximum absolute atomic E-state index is 13.0. The Morgan fingerprint density at radius 2 is 1.94 bits per heavy atom. The minimum absolute atomic E-state index is 0.103. The molecule has 0 unspecified atom stereocenters. The molecule has 0 saturated carbocycles. The molecular weight excluding hydrogens is 438 g/mol. The Labute approximate surface area is 194 Å². The van der Waals surface area contributed by atoms with Gasteiger partial charge in [-0.25, -0.2) is 0 Å². The van der Waals surface area contributed by atoms with Crippen LogP contribution in [0.3, 0.4) is 0 Å². The van der Waals surface area contributed by atoms with E-state index in [2.05, 4.69) is 5.32 Å². The lowest BCUT2D eigenvalue weighted by atomic mass is 9.72. The molecule has 0 radical (unpaired) electrons. The van der Waals surface area contributed by atoms with Crippen molar-refractivity contribution in [3.8, 4) is 0 Å². The van der Waals surface area contributed by atoms with Gasteiger partial charge in [0.05, 0.1) is 31.0 Å². The van der Waals surface area contributed by atoms with E-state index in [1.807, 2.05) is 20.8 Å². The SMILES string of the molecule is CO[C@@H]1[C@H]2OCO[C@H](NC(=O)[C@@H](O)[C@@]3(OC)CCC[C@@H](C)O3)[C@H]2O[C@H](C[C@H](O)CO)C1(C)C. The van der Waals surface area contributed by atoms with Gasteiger partial charge in [-0.05, 0) is 19.8 Å². The number of methoxy groups -OCH3 is 2. The van der Waals surface area contributed by atoms with E-state index >= 15 is 0 Å². The molecule has 3 heterocycles. The quantitative estimate of drug-likeness (QED) is 0.366. The number of ether oxygens (including phenoxy) is 6. The van der Waals surface area contributed by atoms with Crippen LogP contribution in [0.4, 0.5) is 0 Å². The van der Waals surface area contributed by atoms with Gasteiger partial charge in [0.25, 0.3) is 5.91 Å². The van der Waals surface area contributed by atoms with Crippen LogP contribution in [0.1, 0.15) is 46.5 Å². The monoisotopic (exact) mass is 477 g/mol. The molecule has 1 amide bonds. The third-order valence-corrected chi connectivity index (χ3v) is 7.10. The van der Waals surface area contributed by atoms with Crippen LogP contribution in [0.15, 0.2) is 0 Å². The molecule has 3 fully saturated rings. The zero-order valence-electron chi connectivity index (χ0n) is 20.1. The average molecular weight is 478 g/mol. The molecule has 33 heavy (non-hydrogen) atoms. The summed E-state index contributed by atoms with van der Waals surface area (Å²) in [6.45, 7) is 5.23. The predicted octanol–water partition coefficient (Wildman–Crippen LogP) is -0.354. The predicted molar refractivity (Wildman–Crippen MR) is 114 cm³/mol. The van der Waals surface area contributed by atoms with Gasteiger partial charge in [-0.2, -0.15) is 0 Å². The summed E-state index contributed by atoms with van der Waals surface area (Å²) >= 11 is 0. The highest BCUT2D eigenvalue weighted by atomic mass is 16.7. The van der Waals surface area contributed by atoms with Gasteiger partial charge < -0.3 is 49.1 Å². The molecule has 0 aromatic heterocycles. The summed E-state index contributed by atoms with van der Waals surface area (Å²) in [5, 5.41) is 32.9. The van der Waals surface area contributed by atoms with Crippen LogP contribution in [-0.4, -0.2) is 104 Å². The molecule has 192 valence electrons. The van der Waals surface area contributed by atoms with E-state index in [1.165, 1.54) is 7.11 Å². The minimum atomic E-state index is -1.58. The standard InChI is InChI=1S/C22H39NO10/c1-12-7-6-8-22(29-5,33-12)17(26)19(27)23-20-16-15(30-11-31-20)18(28-4)21(2,3)14(32-16)9-13(25)10-24/h12-18,20,24-26H,6-11H2,1-5H3,(H,23,27)/t12-,13+,14-,15+,16+,17-,18-,20+,22-/m1/s1. The molecule has 0 spiro atoms. The van der Waals surface area contributed by atoms with Crippen molar-refractivity contribution < 1.29 is 48.5 Å². The van der Waals surface area contributed by atoms with Gasteiger partial charge >= 0.3 is 0 Å². The van der Waals surface area contributed by atoms with Crippen molar-refractivity contribution in [3.05, 3.63) is 0 Å². The van der Waals surface area contributed by atoms with Crippen molar-refractivity contribution in [3.63, 3.8) is 0 Å². The molecule has 9 atom stereocenters. The largest absolute Gasteiger partial charge is 0.394 e. The van der Waals surface area contributed by atoms with E-state index in [0.717, 1.165) is 12.8 Å². The molecule has 3 aliphatic heterocycles. The van der Waals surface area contributed by atoms with Crippen molar-refractivity contribution >= 4 is 5.91 Å². The van der Waals surface area contributed by atoms with E-state index in [1.54, 1.807) is 7.11 Å². The van der Waals surface area contributed by atoms with Crippen LogP contribution in [0.5, 0.6) is 0 Å². The molecule has 11 nitrogen and oxygen atoms in total. The van der Waals surface area contributed by atoms with E-state index in [-0.39, 0.29) is 19.3 Å². The molecule has 0 aliphatic carbocycles. The van der Waals surface area contributed by atoms with Crippen LogP contribution < -0.4 is 5.32 Å². The Bertz CT molecular complexity index is 663. The first-order chi connectivity index (χ1) is 15.6. The number of nitrogens with one attached hydrogen (secondary N) is 1. The Morgan fingerprint density at radius 3 is 2.55 bits per heavy atom. The summed E-state index contributed by atoms with van der Waals surface area (Å²) < 4.78 is 34.8. The van der Waals surface area contributed by atoms with Crippen LogP contribution in [-0.2, 0) is 33.2 Å². The third kappa shape index (κ3) is 5.36. The summed E-state index contributed by atoms with van der Waals surface area (Å²) in [6, 6.07) is 0. The number of carbonyl (C=O) groups is 1. The molecular formula is C22H39NO10. The number of fused-ring (bicyclic) bond motifs is 1. The maximum atomic E-state index is 13.0. The van der Waals surface area contributed by atoms with Gasteiger partial charge in [0, 0.05) is 32.5 Å². The van der Waals surface area contributed by atoms with Gasteiger partial charge in [0.1, 0.15) is 19.0 Å². The molecule has 3 saturated heterocycles. The lowest BCUT2D eigenvalue weighted by Crippen LogP contribution is -2.69. The average Bonchev–Trinajstić information content (AvgIpc) is 2.79. The Kier molecular flexibility index (Phi) is 8.74. The summed E-state index contributed by atoms with van der Waals surface area (Å²) in [4.78, 5) is 13.0. The highest BCUT2D eigenvalue weighted by molar-refractivity contribution is 5.81. The molecule has 0 aromatic rings. The normalized spacial score (nSPS) is 40.5. The second kappa shape index (κ2) is 10.8. The molecule has 3 aliphatic rings. The van der Waals surface area contributed by atoms with Gasteiger partial charge in [-0.3, -0.25) is 4.79 Å². The molecule has 0 bridgehead atoms. The van der Waals surface area contributed by atoms with Crippen LogP contribution in [0.2, 0.25) is 0 Å². The van der Waals surface area contributed by atoms with E-state index in [9.17, 15) is 20.1 Å². The van der Waals surface area contributed by atoms with E-state index in [4.69, 9.17) is 28.4 Å². The second-order valence-electron chi connectivity index (χ2n) is 9.72. The molecule has 0 aromatic carbocycles. The van der Waals surface area contributed by atoms with Gasteiger partial charge in [-0.1, -0.05) is 13.8 Å². The number of aliphatic hydroxyl groups excluding tert-OH is 3. The highest BCUT2D eigenvalue weighted by Crippen LogP contribution is 2.43. The summed E-state index contributed by atoms with van der Waals surface area (Å²) in [5.41, 5.74) is -0.566. The minimum Gasteiger partial charge on any atom is -0.394 e. The zero-order valence-corrected chi connectivity index (χ0v) is 20.1. The first kappa shape index (κ1) is 26.7. The van der Waals surface area contributed by atoms with Gasteiger partial charge in [0.2, 0.25) is 5.79 Å². The summed E-state index contributed by atoms with van der Waals surface area (Å²) in [7, 11) is 2.97. The Morgan fingerprint density at radius 1 is 1.21 bits per heavy atom. The highest BCUT2D eigenvalue weighted by Gasteiger charge is 2.56. The van der Waals surface area contributed by atoms with Crippen molar-refractivity contribution in [2.24, 2.45) is 5.41 Å². The van der Waals surface area contributed by atoms with Crippen molar-refractivity contribution in [1.29, 1.82) is 0 Å². The van der Waals surface area contributed by atoms with Gasteiger partial charge in [-0.15, -0.1) is 0 Å². The van der Waals surface area contributed by atoms with E-state index in [0.29, 0.717) is 6.42 Å². The number of hydrogen-bond donors (Lipinski definition) is 4. The zero-order chi connectivity index (χ0) is 24.4. The molecule has 4 N–H and O–H groups in total. The summed E-state index contributed by atoms with van der Waals surface area (Å²) in [6.07, 6.45) is -3.85. The maximum Gasteiger partial charge on any atom is 0.256 e. The smallest absolute Gasteiger partial charge is 0.256 e. The molecule has 3 rings (SSSR count). The third-order valence-electron chi connectivity index (χ3n) is 7.10.